The molecule has 6 nitrogen and oxygen atoms in total. The first kappa shape index (κ1) is 32.3. The van der Waals surface area contributed by atoms with E-state index in [0.29, 0.717) is 23.8 Å². The van der Waals surface area contributed by atoms with Gasteiger partial charge in [-0.05, 0) is 109 Å². The van der Waals surface area contributed by atoms with Gasteiger partial charge in [0.2, 0.25) is 5.91 Å². The van der Waals surface area contributed by atoms with Crippen LogP contribution in [0.15, 0.2) is 35.9 Å². The van der Waals surface area contributed by atoms with Crippen LogP contribution in [0.3, 0.4) is 0 Å². The molecule has 4 unspecified atom stereocenters. The molecule has 4 saturated carbocycles. The van der Waals surface area contributed by atoms with E-state index in [1.54, 1.807) is 20.3 Å². The van der Waals surface area contributed by atoms with Crippen LogP contribution in [0, 0.1) is 56.2 Å². The lowest BCUT2D eigenvalue weighted by molar-refractivity contribution is -0.195. The second-order valence-corrected chi connectivity index (χ2v) is 17.4. The second kappa shape index (κ2) is 10.4. The molecule has 5 aliphatic rings. The molecule has 0 bridgehead atoms. The van der Waals surface area contributed by atoms with Gasteiger partial charge in [0.15, 0.2) is 5.78 Å². The smallest absolute Gasteiger partial charge is 0.312 e. The van der Waals surface area contributed by atoms with Gasteiger partial charge in [-0.3, -0.25) is 14.4 Å². The molecule has 1 aromatic carbocycles. The number of ketones is 1. The number of amides is 1. The number of ether oxygens (including phenoxy) is 2. The summed E-state index contributed by atoms with van der Waals surface area (Å²) in [6.45, 7) is 16.3. The van der Waals surface area contributed by atoms with Crippen LogP contribution in [0.5, 0.6) is 5.75 Å². The number of carbonyl (C=O) groups is 3. The van der Waals surface area contributed by atoms with E-state index < -0.39 is 16.7 Å². The van der Waals surface area contributed by atoms with Gasteiger partial charge in [0.25, 0.3) is 0 Å². The van der Waals surface area contributed by atoms with Crippen molar-refractivity contribution in [2.24, 2.45) is 56.2 Å². The largest absolute Gasteiger partial charge is 0.497 e. The minimum Gasteiger partial charge on any atom is -0.497 e. The van der Waals surface area contributed by atoms with Gasteiger partial charge >= 0.3 is 5.97 Å². The number of fused-ring (bicyclic) bond motifs is 7. The van der Waals surface area contributed by atoms with Crippen LogP contribution < -0.4 is 10.1 Å². The average Bonchev–Trinajstić information content (AvgIpc) is 2.98. The van der Waals surface area contributed by atoms with E-state index in [-0.39, 0.29) is 51.2 Å². The Morgan fingerprint density at radius 1 is 0.889 bits per heavy atom. The normalized spacial score (nSPS) is 41.3. The summed E-state index contributed by atoms with van der Waals surface area (Å²) in [7, 11) is 3.17. The highest BCUT2D eigenvalue weighted by Crippen LogP contribution is 2.76. The lowest BCUT2D eigenvalue weighted by Crippen LogP contribution is -2.66. The lowest BCUT2D eigenvalue weighted by Gasteiger charge is -2.71. The SMILES string of the molecule is COC(=O)[C@]12CCC(C)(C)CC1C1=CCC3[C@@]4(C)CC(C(=O)Nc5cccc(OC)c5)C(=O)C(C)(C)C4CC[C@@]3(C)[C@]1(C)CC2. The summed E-state index contributed by atoms with van der Waals surface area (Å²) < 4.78 is 10.9. The monoisotopic (exact) mass is 617 g/mol. The van der Waals surface area contributed by atoms with Gasteiger partial charge < -0.3 is 14.8 Å². The van der Waals surface area contributed by atoms with Gasteiger partial charge in [0.05, 0.1) is 25.6 Å². The molecule has 1 N–H and O–H groups in total. The number of hydrogen-bond donors (Lipinski definition) is 1. The molecule has 0 radical (unpaired) electrons. The molecule has 45 heavy (non-hydrogen) atoms. The highest BCUT2D eigenvalue weighted by Gasteiger charge is 2.70. The summed E-state index contributed by atoms with van der Waals surface area (Å²) in [5.41, 5.74) is 1.05. The summed E-state index contributed by atoms with van der Waals surface area (Å²) in [4.78, 5) is 41.6. The van der Waals surface area contributed by atoms with Crippen LogP contribution in [-0.2, 0) is 19.1 Å². The van der Waals surface area contributed by atoms with Gasteiger partial charge in [0, 0.05) is 17.2 Å². The Morgan fingerprint density at radius 2 is 1.60 bits per heavy atom. The topological polar surface area (TPSA) is 81.7 Å². The molecule has 0 aliphatic heterocycles. The van der Waals surface area contributed by atoms with Crippen LogP contribution in [0.1, 0.15) is 106 Å². The van der Waals surface area contributed by atoms with Crippen molar-refractivity contribution < 1.29 is 23.9 Å². The van der Waals surface area contributed by atoms with E-state index in [1.807, 2.05) is 18.2 Å². The van der Waals surface area contributed by atoms with Crippen LogP contribution in [0.25, 0.3) is 0 Å². The highest BCUT2D eigenvalue weighted by atomic mass is 16.5. The molecule has 0 spiro atoms. The minimum atomic E-state index is -0.703. The average molecular weight is 618 g/mol. The molecule has 6 rings (SSSR count). The molecule has 0 heterocycles. The Labute approximate surface area is 270 Å². The number of allylic oxidation sites excluding steroid dienone is 2. The number of anilines is 1. The molecule has 0 saturated heterocycles. The zero-order valence-corrected chi connectivity index (χ0v) is 29.1. The number of benzene rings is 1. The number of nitrogens with one attached hydrogen (secondary N) is 1. The number of rotatable bonds is 4. The van der Waals surface area contributed by atoms with Crippen molar-refractivity contribution in [3.63, 3.8) is 0 Å². The first-order valence-electron chi connectivity index (χ1n) is 17.3. The van der Waals surface area contributed by atoms with E-state index >= 15 is 0 Å². The van der Waals surface area contributed by atoms with Crippen molar-refractivity contribution >= 4 is 23.3 Å². The molecular weight excluding hydrogens is 562 g/mol. The Kier molecular flexibility index (Phi) is 7.50. The van der Waals surface area contributed by atoms with Crippen molar-refractivity contribution in [2.75, 3.05) is 19.5 Å². The Morgan fingerprint density at radius 3 is 2.29 bits per heavy atom. The highest BCUT2D eigenvalue weighted by molar-refractivity contribution is 6.09. The predicted molar refractivity (Wildman–Crippen MR) is 177 cm³/mol. The summed E-state index contributed by atoms with van der Waals surface area (Å²) in [5, 5.41) is 3.07. The summed E-state index contributed by atoms with van der Waals surface area (Å²) in [6, 6.07) is 7.35. The van der Waals surface area contributed by atoms with Crippen LogP contribution in [0.4, 0.5) is 5.69 Å². The Balaban J connectivity index is 1.38. The summed E-state index contributed by atoms with van der Waals surface area (Å²) in [5.74, 6) is 0.536. The Bertz CT molecular complexity index is 1440. The maximum absolute atomic E-state index is 14.1. The zero-order valence-electron chi connectivity index (χ0n) is 29.1. The van der Waals surface area contributed by atoms with E-state index in [1.165, 1.54) is 5.57 Å². The third-order valence-electron chi connectivity index (χ3n) is 14.6. The third-order valence-corrected chi connectivity index (χ3v) is 14.6. The van der Waals surface area contributed by atoms with Crippen molar-refractivity contribution in [1.29, 1.82) is 0 Å². The number of hydrogen-bond acceptors (Lipinski definition) is 5. The zero-order chi connectivity index (χ0) is 32.8. The number of Topliss-reactive ketones (excluding diaryl/α,β-unsaturated/α-hetero) is 1. The molecule has 5 aliphatic carbocycles. The van der Waals surface area contributed by atoms with Crippen molar-refractivity contribution in [3.8, 4) is 5.75 Å². The van der Waals surface area contributed by atoms with Gasteiger partial charge in [0.1, 0.15) is 5.75 Å². The van der Waals surface area contributed by atoms with Gasteiger partial charge in [-0.2, -0.15) is 0 Å². The molecule has 1 aromatic rings. The van der Waals surface area contributed by atoms with E-state index in [2.05, 4.69) is 59.9 Å². The summed E-state index contributed by atoms with van der Waals surface area (Å²) >= 11 is 0. The fourth-order valence-corrected chi connectivity index (χ4v) is 11.9. The fraction of sp³-hybridized carbons (Fsp3) is 0.718. The first-order chi connectivity index (χ1) is 21.0. The standard InChI is InChI=1S/C39H55NO5/c1-34(2)17-19-39(33(43)45-9)20-18-37(6)27(28(39)23-34)13-14-30-36(5)22-26(32(42)40-24-11-10-12-25(21-24)44-8)31(41)35(3,4)29(36)15-16-38(30,37)7/h10-13,21,26,28-30H,14-20,22-23H2,1-9H3,(H,40,42)/t26?,28?,29?,30?,36-,37+,38+,39-/m0/s1. The second-order valence-electron chi connectivity index (χ2n) is 17.4. The van der Waals surface area contributed by atoms with Crippen molar-refractivity contribution in [1.82, 2.24) is 0 Å². The van der Waals surface area contributed by atoms with Gasteiger partial charge in [-0.25, -0.2) is 0 Å². The Hall–Kier alpha value is -2.63. The predicted octanol–water partition coefficient (Wildman–Crippen LogP) is 8.40. The van der Waals surface area contributed by atoms with Gasteiger partial charge in [-0.1, -0.05) is 66.2 Å². The molecule has 0 aromatic heterocycles. The quantitative estimate of drug-likeness (QED) is 0.208. The van der Waals surface area contributed by atoms with E-state index in [0.717, 1.165) is 51.4 Å². The maximum Gasteiger partial charge on any atom is 0.312 e. The van der Waals surface area contributed by atoms with Crippen LogP contribution in [0.2, 0.25) is 0 Å². The minimum absolute atomic E-state index is 0.00348. The first-order valence-corrected chi connectivity index (χ1v) is 17.3. The number of esters is 1. The van der Waals surface area contributed by atoms with Crippen molar-refractivity contribution in [2.45, 2.75) is 106 Å². The molecule has 4 fully saturated rings. The third kappa shape index (κ3) is 4.50. The molecule has 8 atom stereocenters. The number of methoxy groups -OCH3 is 2. The maximum atomic E-state index is 14.1. The molecular formula is C39H55NO5. The fourth-order valence-electron chi connectivity index (χ4n) is 11.9. The van der Waals surface area contributed by atoms with E-state index in [9.17, 15) is 14.4 Å². The van der Waals surface area contributed by atoms with Gasteiger partial charge in [-0.15, -0.1) is 0 Å². The summed E-state index contributed by atoms with van der Waals surface area (Å²) in [6.07, 6.45) is 10.9. The number of carbonyl (C=O) groups excluding carboxylic acids is 3. The van der Waals surface area contributed by atoms with Crippen LogP contribution >= 0.6 is 0 Å². The molecule has 6 heteroatoms. The van der Waals surface area contributed by atoms with E-state index in [4.69, 9.17) is 9.47 Å². The lowest BCUT2D eigenvalue weighted by atomic mass is 9.33. The molecule has 246 valence electrons. The van der Waals surface area contributed by atoms with Crippen LogP contribution in [-0.4, -0.2) is 31.9 Å². The molecule has 1 amide bonds. The van der Waals surface area contributed by atoms with Crippen molar-refractivity contribution in [3.05, 3.63) is 35.9 Å².